The summed E-state index contributed by atoms with van der Waals surface area (Å²) in [6.07, 6.45) is 2.69. The monoisotopic (exact) mass is 459 g/mol. The number of benzene rings is 2. The zero-order chi connectivity index (χ0) is 22.7. The van der Waals surface area contributed by atoms with Crippen LogP contribution in [0.3, 0.4) is 0 Å². The molecule has 2 aliphatic heterocycles. The van der Waals surface area contributed by atoms with Gasteiger partial charge in [-0.05, 0) is 62.2 Å². The minimum Gasteiger partial charge on any atom is -0.486 e. The van der Waals surface area contributed by atoms with Gasteiger partial charge in [0.05, 0.1) is 4.90 Å². The Labute approximate surface area is 186 Å². The van der Waals surface area contributed by atoms with E-state index in [-0.39, 0.29) is 16.5 Å². The zero-order valence-corrected chi connectivity index (χ0v) is 18.5. The molecule has 10 heteroatoms. The van der Waals surface area contributed by atoms with E-state index in [1.807, 2.05) is 6.92 Å². The lowest BCUT2D eigenvalue weighted by atomic mass is 10.1. The molecule has 0 saturated carbocycles. The van der Waals surface area contributed by atoms with Crippen molar-refractivity contribution >= 4 is 21.8 Å². The SMILES string of the molecule is CC1CCCCN1S(=O)(=O)c1ccc(C(=O)NNC(=O)c2ccc3c(c2)OCCO3)cc1. The average Bonchev–Trinajstić information content (AvgIpc) is 2.82. The van der Waals surface area contributed by atoms with Gasteiger partial charge in [-0.3, -0.25) is 20.4 Å². The third-order valence-corrected chi connectivity index (χ3v) is 7.59. The number of carbonyl (C=O) groups is 2. The Balaban J connectivity index is 1.38. The van der Waals surface area contributed by atoms with Crippen molar-refractivity contribution in [1.82, 2.24) is 15.2 Å². The molecule has 32 heavy (non-hydrogen) atoms. The largest absolute Gasteiger partial charge is 0.486 e. The van der Waals surface area contributed by atoms with E-state index in [4.69, 9.17) is 9.47 Å². The quantitative estimate of drug-likeness (QED) is 0.677. The first-order chi connectivity index (χ1) is 15.4. The summed E-state index contributed by atoms with van der Waals surface area (Å²) in [5, 5.41) is 0. The summed E-state index contributed by atoms with van der Waals surface area (Å²) in [5.41, 5.74) is 5.20. The fraction of sp³-hybridized carbons (Fsp3) is 0.364. The topological polar surface area (TPSA) is 114 Å². The number of fused-ring (bicyclic) bond motifs is 1. The van der Waals surface area contributed by atoms with E-state index in [1.165, 1.54) is 34.6 Å². The van der Waals surface area contributed by atoms with Crippen LogP contribution in [-0.2, 0) is 10.0 Å². The molecule has 170 valence electrons. The molecule has 2 amide bonds. The molecule has 0 bridgehead atoms. The molecule has 9 nitrogen and oxygen atoms in total. The van der Waals surface area contributed by atoms with E-state index in [2.05, 4.69) is 10.9 Å². The number of hydrazine groups is 1. The van der Waals surface area contributed by atoms with Crippen LogP contribution in [0.25, 0.3) is 0 Å². The Morgan fingerprint density at radius 1 is 0.906 bits per heavy atom. The lowest BCUT2D eigenvalue weighted by Crippen LogP contribution is -2.42. The summed E-state index contributed by atoms with van der Waals surface area (Å²) in [5.74, 6) is -0.0549. The van der Waals surface area contributed by atoms with Crippen molar-refractivity contribution in [3.63, 3.8) is 0 Å². The predicted octanol–water partition coefficient (Wildman–Crippen LogP) is 2.10. The number of ether oxygens (including phenoxy) is 2. The van der Waals surface area contributed by atoms with Gasteiger partial charge < -0.3 is 9.47 Å². The van der Waals surface area contributed by atoms with Gasteiger partial charge in [0.1, 0.15) is 13.2 Å². The maximum absolute atomic E-state index is 12.9. The van der Waals surface area contributed by atoms with Gasteiger partial charge in [-0.25, -0.2) is 8.42 Å². The highest BCUT2D eigenvalue weighted by molar-refractivity contribution is 7.89. The molecule has 1 fully saturated rings. The zero-order valence-electron chi connectivity index (χ0n) is 17.7. The molecular formula is C22H25N3O6S. The van der Waals surface area contributed by atoms with E-state index in [0.717, 1.165) is 19.3 Å². The Morgan fingerprint density at radius 3 is 2.22 bits per heavy atom. The third kappa shape index (κ3) is 4.56. The Bertz CT molecular complexity index is 1120. The smallest absolute Gasteiger partial charge is 0.269 e. The fourth-order valence-corrected chi connectivity index (χ4v) is 5.48. The van der Waals surface area contributed by atoms with Gasteiger partial charge in [-0.1, -0.05) is 6.42 Å². The van der Waals surface area contributed by atoms with Crippen LogP contribution >= 0.6 is 0 Å². The summed E-state index contributed by atoms with van der Waals surface area (Å²) in [4.78, 5) is 24.9. The molecule has 2 aromatic rings. The molecule has 1 atom stereocenters. The minimum absolute atomic E-state index is 0.0486. The Kier molecular flexibility index (Phi) is 6.33. The third-order valence-electron chi connectivity index (χ3n) is 5.56. The standard InChI is InChI=1S/C22H25N3O6S/c1-15-4-2-3-11-25(15)32(28,29)18-8-5-16(6-9-18)21(26)23-24-22(27)17-7-10-19-20(14-17)31-13-12-30-19/h5-10,14-15H,2-4,11-13H2,1H3,(H,23,26)(H,24,27). The van der Waals surface area contributed by atoms with E-state index >= 15 is 0 Å². The van der Waals surface area contributed by atoms with Crippen molar-refractivity contribution in [2.24, 2.45) is 0 Å². The second-order valence-corrected chi connectivity index (χ2v) is 9.64. The predicted molar refractivity (Wildman–Crippen MR) is 116 cm³/mol. The molecule has 0 radical (unpaired) electrons. The number of rotatable bonds is 4. The van der Waals surface area contributed by atoms with Crippen LogP contribution in [0.1, 0.15) is 46.9 Å². The van der Waals surface area contributed by atoms with Crippen LogP contribution in [-0.4, -0.2) is 50.3 Å². The van der Waals surface area contributed by atoms with E-state index in [1.54, 1.807) is 12.1 Å². The number of carbonyl (C=O) groups excluding carboxylic acids is 2. The van der Waals surface area contributed by atoms with Crippen molar-refractivity contribution in [3.05, 3.63) is 53.6 Å². The Morgan fingerprint density at radius 2 is 1.53 bits per heavy atom. The summed E-state index contributed by atoms with van der Waals surface area (Å²) >= 11 is 0. The average molecular weight is 460 g/mol. The number of hydrogen-bond donors (Lipinski definition) is 2. The molecule has 2 aliphatic rings. The second kappa shape index (κ2) is 9.17. The van der Waals surface area contributed by atoms with Crippen molar-refractivity contribution in [2.45, 2.75) is 37.1 Å². The molecule has 1 unspecified atom stereocenters. The fourth-order valence-electron chi connectivity index (χ4n) is 3.78. The highest BCUT2D eigenvalue weighted by Gasteiger charge is 2.31. The first-order valence-electron chi connectivity index (χ1n) is 10.5. The first kappa shape index (κ1) is 22.1. The molecule has 0 aromatic heterocycles. The number of sulfonamides is 1. The summed E-state index contributed by atoms with van der Waals surface area (Å²) in [6, 6.07) is 10.4. The van der Waals surface area contributed by atoms with Crippen LogP contribution in [0.2, 0.25) is 0 Å². The van der Waals surface area contributed by atoms with Crippen LogP contribution in [0.4, 0.5) is 0 Å². The van der Waals surface area contributed by atoms with E-state index < -0.39 is 21.8 Å². The molecule has 0 aliphatic carbocycles. The van der Waals surface area contributed by atoms with Gasteiger partial charge in [-0.15, -0.1) is 0 Å². The molecule has 0 spiro atoms. The van der Waals surface area contributed by atoms with Gasteiger partial charge in [0.25, 0.3) is 11.8 Å². The first-order valence-corrected chi connectivity index (χ1v) is 11.9. The molecule has 2 aromatic carbocycles. The number of amides is 2. The van der Waals surface area contributed by atoms with Gasteiger partial charge in [-0.2, -0.15) is 4.31 Å². The number of nitrogens with zero attached hydrogens (tertiary/aromatic N) is 1. The van der Waals surface area contributed by atoms with Crippen LogP contribution in [0.15, 0.2) is 47.4 Å². The van der Waals surface area contributed by atoms with Gasteiger partial charge in [0.15, 0.2) is 11.5 Å². The van der Waals surface area contributed by atoms with E-state index in [0.29, 0.717) is 36.8 Å². The summed E-state index contributed by atoms with van der Waals surface area (Å²) in [7, 11) is -3.61. The molecule has 2 N–H and O–H groups in total. The summed E-state index contributed by atoms with van der Waals surface area (Å²) < 4.78 is 38.2. The normalized spacial score (nSPS) is 18.6. The maximum atomic E-state index is 12.9. The van der Waals surface area contributed by atoms with Gasteiger partial charge in [0, 0.05) is 23.7 Å². The molecule has 1 saturated heterocycles. The van der Waals surface area contributed by atoms with Crippen molar-refractivity contribution in [2.75, 3.05) is 19.8 Å². The second-order valence-electron chi connectivity index (χ2n) is 7.75. The van der Waals surface area contributed by atoms with Crippen LogP contribution < -0.4 is 20.3 Å². The van der Waals surface area contributed by atoms with Crippen LogP contribution in [0, 0.1) is 0 Å². The Hall–Kier alpha value is -3.11. The lowest BCUT2D eigenvalue weighted by molar-refractivity contribution is 0.0846. The highest BCUT2D eigenvalue weighted by atomic mass is 32.2. The van der Waals surface area contributed by atoms with E-state index in [9.17, 15) is 18.0 Å². The number of piperidine rings is 1. The highest BCUT2D eigenvalue weighted by Crippen LogP contribution is 2.30. The van der Waals surface area contributed by atoms with Crippen molar-refractivity contribution < 1.29 is 27.5 Å². The summed E-state index contributed by atoms with van der Waals surface area (Å²) in [6.45, 7) is 3.25. The van der Waals surface area contributed by atoms with Gasteiger partial charge in [0.2, 0.25) is 10.0 Å². The number of nitrogens with one attached hydrogen (secondary N) is 2. The molecule has 4 rings (SSSR count). The van der Waals surface area contributed by atoms with Crippen LogP contribution in [0.5, 0.6) is 11.5 Å². The minimum atomic E-state index is -3.61. The maximum Gasteiger partial charge on any atom is 0.269 e. The lowest BCUT2D eigenvalue weighted by Gasteiger charge is -2.32. The molecular weight excluding hydrogens is 434 g/mol. The number of hydrogen-bond acceptors (Lipinski definition) is 6. The van der Waals surface area contributed by atoms with Crippen molar-refractivity contribution in [3.8, 4) is 11.5 Å². The van der Waals surface area contributed by atoms with Crippen molar-refractivity contribution in [1.29, 1.82) is 0 Å². The molecule has 2 heterocycles. The van der Waals surface area contributed by atoms with Gasteiger partial charge >= 0.3 is 0 Å².